The van der Waals surface area contributed by atoms with Crippen molar-refractivity contribution < 1.29 is 23.8 Å². The van der Waals surface area contributed by atoms with Gasteiger partial charge in [0, 0.05) is 6.08 Å². The summed E-state index contributed by atoms with van der Waals surface area (Å²) in [5.41, 5.74) is 4.05. The van der Waals surface area contributed by atoms with Crippen molar-refractivity contribution in [3.05, 3.63) is 96.6 Å². The summed E-state index contributed by atoms with van der Waals surface area (Å²) in [7, 11) is 0. The minimum Gasteiger partial charge on any atom is -0.494 e. The van der Waals surface area contributed by atoms with Gasteiger partial charge in [0.05, 0.1) is 18.8 Å². The quantitative estimate of drug-likeness (QED) is 0.0931. The number of hydrogen-bond donors (Lipinski definition) is 0. The molecule has 3 aromatic rings. The van der Waals surface area contributed by atoms with Crippen LogP contribution in [0.25, 0.3) is 11.1 Å². The fourth-order valence-electron chi connectivity index (χ4n) is 3.81. The van der Waals surface area contributed by atoms with E-state index in [1.807, 2.05) is 24.3 Å². The summed E-state index contributed by atoms with van der Waals surface area (Å²) in [6, 6.07) is 23.2. The van der Waals surface area contributed by atoms with Crippen LogP contribution < -0.4 is 9.47 Å². The summed E-state index contributed by atoms with van der Waals surface area (Å²) in [6.07, 6.45) is 8.50. The third kappa shape index (κ3) is 9.60. The molecule has 3 rings (SSSR count). The first-order valence-corrected chi connectivity index (χ1v) is 13.0. The highest BCUT2D eigenvalue weighted by Crippen LogP contribution is 2.24. The number of carbonyl (C=O) groups is 2. The maximum absolute atomic E-state index is 12.6. The van der Waals surface area contributed by atoms with E-state index in [1.165, 1.54) is 24.8 Å². The van der Waals surface area contributed by atoms with Gasteiger partial charge in [-0.2, -0.15) is 0 Å². The van der Waals surface area contributed by atoms with Crippen LogP contribution in [0.3, 0.4) is 0 Å². The van der Waals surface area contributed by atoms with Crippen LogP contribution >= 0.6 is 0 Å². The molecule has 0 aliphatic rings. The van der Waals surface area contributed by atoms with Crippen molar-refractivity contribution in [1.82, 2.24) is 0 Å². The van der Waals surface area contributed by atoms with E-state index in [2.05, 4.69) is 37.8 Å². The van der Waals surface area contributed by atoms with Gasteiger partial charge in [-0.15, -0.1) is 0 Å². The highest BCUT2D eigenvalue weighted by molar-refractivity contribution is 5.91. The van der Waals surface area contributed by atoms with Crippen LogP contribution in [-0.4, -0.2) is 25.2 Å². The Morgan fingerprint density at radius 3 is 2.00 bits per heavy atom. The van der Waals surface area contributed by atoms with E-state index in [1.54, 1.807) is 24.3 Å². The Hall–Kier alpha value is -3.86. The first kappa shape index (κ1) is 27.7. The monoisotopic (exact) mass is 500 g/mol. The molecule has 0 aromatic heterocycles. The number of rotatable bonds is 15. The van der Waals surface area contributed by atoms with Crippen LogP contribution in [-0.2, 0) is 16.0 Å². The molecule has 37 heavy (non-hydrogen) atoms. The number of carbonyl (C=O) groups excluding carboxylic acids is 2. The number of unbranched alkanes of at least 4 members (excludes halogenated alkanes) is 4. The maximum Gasteiger partial charge on any atom is 0.343 e. The average Bonchev–Trinajstić information content (AvgIpc) is 2.93. The van der Waals surface area contributed by atoms with E-state index in [0.29, 0.717) is 30.3 Å². The fourth-order valence-corrected chi connectivity index (χ4v) is 3.81. The third-order valence-corrected chi connectivity index (χ3v) is 5.98. The van der Waals surface area contributed by atoms with Crippen molar-refractivity contribution in [2.75, 3.05) is 13.2 Å². The van der Waals surface area contributed by atoms with Gasteiger partial charge >= 0.3 is 11.9 Å². The molecule has 5 heteroatoms. The minimum atomic E-state index is -0.412. The van der Waals surface area contributed by atoms with Gasteiger partial charge in [-0.1, -0.05) is 62.7 Å². The Morgan fingerprint density at radius 1 is 0.730 bits per heavy atom. The van der Waals surface area contributed by atoms with Gasteiger partial charge in [0.1, 0.15) is 11.5 Å². The molecular formula is C32H36O5. The van der Waals surface area contributed by atoms with E-state index in [4.69, 9.17) is 14.2 Å². The molecule has 0 fully saturated rings. The molecule has 0 spiro atoms. The zero-order valence-electron chi connectivity index (χ0n) is 21.6. The first-order valence-electron chi connectivity index (χ1n) is 13.0. The van der Waals surface area contributed by atoms with Crippen molar-refractivity contribution in [1.29, 1.82) is 0 Å². The summed E-state index contributed by atoms with van der Waals surface area (Å²) in [4.78, 5) is 23.5. The topological polar surface area (TPSA) is 61.8 Å². The summed E-state index contributed by atoms with van der Waals surface area (Å²) in [5, 5.41) is 0. The standard InChI is InChI=1S/C32H36O5/c1-3-5-7-10-25-11-13-26(14-12-25)27-15-21-30(22-16-27)37-32(34)28-17-19-29(20-18-28)35-23-8-6-9-24-36-31(33)4-2/h4,11-22H,2-3,5-10,23-24H2,1H3. The summed E-state index contributed by atoms with van der Waals surface area (Å²) in [6.45, 7) is 6.51. The SMILES string of the molecule is C=CC(=O)OCCCCCOc1ccc(C(=O)Oc2ccc(-c3ccc(CCCCC)cc3)cc2)cc1. The molecule has 5 nitrogen and oxygen atoms in total. The number of esters is 2. The zero-order chi connectivity index (χ0) is 26.3. The number of aryl methyl sites for hydroxylation is 1. The lowest BCUT2D eigenvalue weighted by molar-refractivity contribution is -0.137. The fraction of sp³-hybridized carbons (Fsp3) is 0.312. The lowest BCUT2D eigenvalue weighted by Crippen LogP contribution is -2.08. The molecular weight excluding hydrogens is 464 g/mol. The van der Waals surface area contributed by atoms with Gasteiger partial charge in [-0.05, 0) is 85.2 Å². The van der Waals surface area contributed by atoms with Crippen LogP contribution in [0.4, 0.5) is 0 Å². The molecule has 0 amide bonds. The normalized spacial score (nSPS) is 10.5. The Morgan fingerprint density at radius 2 is 1.35 bits per heavy atom. The van der Waals surface area contributed by atoms with E-state index in [0.717, 1.165) is 42.9 Å². The highest BCUT2D eigenvalue weighted by Gasteiger charge is 2.09. The molecule has 0 heterocycles. The summed E-state index contributed by atoms with van der Waals surface area (Å²) >= 11 is 0. The van der Waals surface area contributed by atoms with Crippen LogP contribution in [0.2, 0.25) is 0 Å². The molecule has 0 radical (unpaired) electrons. The molecule has 0 bridgehead atoms. The number of benzene rings is 3. The Balaban J connectivity index is 1.41. The molecule has 0 saturated heterocycles. The van der Waals surface area contributed by atoms with Crippen molar-refractivity contribution in [2.24, 2.45) is 0 Å². The highest BCUT2D eigenvalue weighted by atomic mass is 16.5. The lowest BCUT2D eigenvalue weighted by atomic mass is 10.0. The van der Waals surface area contributed by atoms with E-state index < -0.39 is 11.9 Å². The van der Waals surface area contributed by atoms with Crippen LogP contribution in [0.15, 0.2) is 85.5 Å². The minimum absolute atomic E-state index is 0.386. The van der Waals surface area contributed by atoms with Crippen molar-refractivity contribution in [3.8, 4) is 22.6 Å². The predicted octanol–water partition coefficient (Wildman–Crippen LogP) is 7.58. The summed E-state index contributed by atoms with van der Waals surface area (Å²) in [5.74, 6) is 0.384. The predicted molar refractivity (Wildman–Crippen MR) is 147 cm³/mol. The van der Waals surface area contributed by atoms with Crippen molar-refractivity contribution >= 4 is 11.9 Å². The maximum atomic E-state index is 12.6. The second-order valence-electron chi connectivity index (χ2n) is 8.87. The van der Waals surface area contributed by atoms with Gasteiger partial charge in [0.25, 0.3) is 0 Å². The second kappa shape index (κ2) is 15.3. The van der Waals surface area contributed by atoms with Gasteiger partial charge in [0.2, 0.25) is 0 Å². The van der Waals surface area contributed by atoms with Crippen molar-refractivity contribution in [3.63, 3.8) is 0 Å². The van der Waals surface area contributed by atoms with Gasteiger partial charge in [0.15, 0.2) is 0 Å². The van der Waals surface area contributed by atoms with E-state index in [-0.39, 0.29) is 0 Å². The molecule has 0 aliphatic heterocycles. The molecule has 194 valence electrons. The zero-order valence-corrected chi connectivity index (χ0v) is 21.6. The van der Waals surface area contributed by atoms with Gasteiger partial charge in [-0.25, -0.2) is 9.59 Å². The van der Waals surface area contributed by atoms with E-state index in [9.17, 15) is 9.59 Å². The van der Waals surface area contributed by atoms with Gasteiger partial charge < -0.3 is 14.2 Å². The van der Waals surface area contributed by atoms with E-state index >= 15 is 0 Å². The Labute approximate surface area is 220 Å². The number of hydrogen-bond acceptors (Lipinski definition) is 5. The molecule has 3 aromatic carbocycles. The van der Waals surface area contributed by atoms with Crippen LogP contribution in [0, 0.1) is 0 Å². The lowest BCUT2D eigenvalue weighted by Gasteiger charge is -2.09. The number of ether oxygens (including phenoxy) is 3. The average molecular weight is 501 g/mol. The second-order valence-corrected chi connectivity index (χ2v) is 8.87. The Kier molecular flexibility index (Phi) is 11.5. The van der Waals surface area contributed by atoms with Gasteiger partial charge in [-0.3, -0.25) is 0 Å². The van der Waals surface area contributed by atoms with Crippen LogP contribution in [0.5, 0.6) is 11.5 Å². The smallest absolute Gasteiger partial charge is 0.343 e. The summed E-state index contributed by atoms with van der Waals surface area (Å²) < 4.78 is 16.2. The Bertz CT molecular complexity index is 1120. The first-order chi connectivity index (χ1) is 18.1. The third-order valence-electron chi connectivity index (χ3n) is 5.98. The molecule has 0 unspecified atom stereocenters. The van der Waals surface area contributed by atoms with Crippen molar-refractivity contribution in [2.45, 2.75) is 51.9 Å². The van der Waals surface area contributed by atoms with Crippen LogP contribution in [0.1, 0.15) is 61.4 Å². The molecule has 0 saturated carbocycles. The molecule has 0 atom stereocenters. The largest absolute Gasteiger partial charge is 0.494 e. The molecule has 0 N–H and O–H groups in total. The molecule has 0 aliphatic carbocycles.